The normalized spacial score (nSPS) is 16.3. The molecule has 0 aromatic heterocycles. The zero-order chi connectivity index (χ0) is 14.0. The number of hydrogen-bond donors (Lipinski definition) is 1. The Kier molecular flexibility index (Phi) is 3.80. The lowest BCUT2D eigenvalue weighted by molar-refractivity contribution is -0.141. The number of nitrogens with one attached hydrogen (secondary N) is 1. The molecule has 1 unspecified atom stereocenters. The maximum absolute atomic E-state index is 12.0. The first kappa shape index (κ1) is 13.5. The lowest BCUT2D eigenvalue weighted by atomic mass is 10.1. The molecule has 0 spiro atoms. The molecule has 2 rings (SSSR count). The third-order valence-electron chi connectivity index (χ3n) is 2.62. The van der Waals surface area contributed by atoms with E-state index in [9.17, 15) is 14.4 Å². The van der Waals surface area contributed by atoms with Gasteiger partial charge in [0.05, 0.1) is 4.48 Å². The smallest absolute Gasteiger partial charge is 0.269 e. The summed E-state index contributed by atoms with van der Waals surface area (Å²) in [6.07, 6.45) is 0.394. The fraction of sp³-hybridized carbons (Fsp3) is 0.154. The highest BCUT2D eigenvalue weighted by atomic mass is 79.9. The molecule has 19 heavy (non-hydrogen) atoms. The summed E-state index contributed by atoms with van der Waals surface area (Å²) in [5.74, 6) is -1.25. The van der Waals surface area contributed by atoms with E-state index >= 15 is 0 Å². The molecule has 1 aliphatic rings. The average Bonchev–Trinajstić information content (AvgIpc) is 2.62. The van der Waals surface area contributed by atoms with E-state index in [1.165, 1.54) is 13.0 Å². The van der Waals surface area contributed by atoms with Gasteiger partial charge in [-0.1, -0.05) is 30.3 Å². The van der Waals surface area contributed by atoms with Crippen molar-refractivity contribution in [2.45, 2.75) is 13.1 Å². The van der Waals surface area contributed by atoms with Gasteiger partial charge in [0.15, 0.2) is 0 Å². The first-order valence-corrected chi connectivity index (χ1v) is 6.37. The molecule has 1 aromatic rings. The molecule has 0 bridgehead atoms. The SMILES string of the molecule is CC(=O)NC(c1ccccc1)N1C(=O)C=C(Br)C1=O. The van der Waals surface area contributed by atoms with Gasteiger partial charge in [-0.25, -0.2) is 4.90 Å². The Balaban J connectivity index is 2.37. The van der Waals surface area contributed by atoms with E-state index in [-0.39, 0.29) is 10.4 Å². The van der Waals surface area contributed by atoms with Crippen LogP contribution in [0.4, 0.5) is 0 Å². The Labute approximate surface area is 118 Å². The molecule has 0 aliphatic carbocycles. The second-order valence-corrected chi connectivity index (χ2v) is 4.87. The van der Waals surface area contributed by atoms with Gasteiger partial charge in [0.1, 0.15) is 6.17 Å². The first-order valence-electron chi connectivity index (χ1n) is 5.57. The standard InChI is InChI=1S/C13H11BrN2O3/c1-8(17)15-12(9-5-3-2-4-6-9)16-11(18)7-10(14)13(16)19/h2-7,12H,1H3,(H,15,17). The number of rotatable bonds is 3. The summed E-state index contributed by atoms with van der Waals surface area (Å²) in [5.41, 5.74) is 0.662. The van der Waals surface area contributed by atoms with Crippen LogP contribution in [0.3, 0.4) is 0 Å². The summed E-state index contributed by atoms with van der Waals surface area (Å²) < 4.78 is 0.184. The van der Waals surface area contributed by atoms with Gasteiger partial charge in [-0.2, -0.15) is 0 Å². The summed E-state index contributed by atoms with van der Waals surface area (Å²) in [7, 11) is 0. The molecule has 1 atom stereocenters. The van der Waals surface area contributed by atoms with Gasteiger partial charge < -0.3 is 5.32 Å². The molecule has 6 heteroatoms. The fourth-order valence-corrected chi connectivity index (χ4v) is 2.21. The zero-order valence-electron chi connectivity index (χ0n) is 10.1. The molecule has 98 valence electrons. The Morgan fingerprint density at radius 2 is 1.89 bits per heavy atom. The Hall–Kier alpha value is -1.95. The Morgan fingerprint density at radius 1 is 1.26 bits per heavy atom. The van der Waals surface area contributed by atoms with Crippen LogP contribution in [0.15, 0.2) is 40.9 Å². The number of hydrogen-bond acceptors (Lipinski definition) is 3. The molecule has 1 aromatic carbocycles. The number of amides is 3. The molecule has 0 radical (unpaired) electrons. The van der Waals surface area contributed by atoms with Gasteiger partial charge in [0.2, 0.25) is 5.91 Å². The summed E-state index contributed by atoms with van der Waals surface area (Å²) in [6.45, 7) is 1.34. The minimum atomic E-state index is -0.801. The van der Waals surface area contributed by atoms with E-state index in [0.717, 1.165) is 4.90 Å². The third kappa shape index (κ3) is 2.73. The van der Waals surface area contributed by atoms with Crippen LogP contribution < -0.4 is 5.32 Å². The zero-order valence-corrected chi connectivity index (χ0v) is 11.7. The summed E-state index contributed by atoms with van der Waals surface area (Å²) in [6, 6.07) is 8.85. The highest BCUT2D eigenvalue weighted by Gasteiger charge is 2.36. The van der Waals surface area contributed by atoms with E-state index < -0.39 is 18.0 Å². The highest BCUT2D eigenvalue weighted by molar-refractivity contribution is 9.12. The lowest BCUT2D eigenvalue weighted by Gasteiger charge is -2.27. The van der Waals surface area contributed by atoms with E-state index in [1.54, 1.807) is 24.3 Å². The summed E-state index contributed by atoms with van der Waals surface area (Å²) >= 11 is 3.03. The van der Waals surface area contributed by atoms with Gasteiger partial charge in [-0.15, -0.1) is 0 Å². The van der Waals surface area contributed by atoms with Crippen LogP contribution in [0.1, 0.15) is 18.7 Å². The highest BCUT2D eigenvalue weighted by Crippen LogP contribution is 2.27. The monoisotopic (exact) mass is 322 g/mol. The summed E-state index contributed by atoms with van der Waals surface area (Å²) in [4.78, 5) is 36.1. The van der Waals surface area contributed by atoms with Crippen molar-refractivity contribution in [3.8, 4) is 0 Å². The van der Waals surface area contributed by atoms with Gasteiger partial charge >= 0.3 is 0 Å². The van der Waals surface area contributed by atoms with Crippen molar-refractivity contribution in [2.75, 3.05) is 0 Å². The Bertz CT molecular complexity index is 569. The van der Waals surface area contributed by atoms with Gasteiger partial charge in [-0.05, 0) is 21.5 Å². The maximum atomic E-state index is 12.0. The largest absolute Gasteiger partial charge is 0.332 e. The van der Waals surface area contributed by atoms with Crippen LogP contribution in [-0.2, 0) is 14.4 Å². The minimum Gasteiger partial charge on any atom is -0.332 e. The number of halogens is 1. The molecular weight excluding hydrogens is 312 g/mol. The molecule has 0 saturated carbocycles. The minimum absolute atomic E-state index is 0.184. The molecule has 1 heterocycles. The second-order valence-electron chi connectivity index (χ2n) is 4.02. The van der Waals surface area contributed by atoms with Crippen LogP contribution >= 0.6 is 15.9 Å². The van der Waals surface area contributed by atoms with Crippen molar-refractivity contribution in [3.63, 3.8) is 0 Å². The second kappa shape index (κ2) is 5.36. The maximum Gasteiger partial charge on any atom is 0.269 e. The van der Waals surface area contributed by atoms with Crippen molar-refractivity contribution in [1.29, 1.82) is 0 Å². The quantitative estimate of drug-likeness (QED) is 0.857. The first-order chi connectivity index (χ1) is 9.00. The predicted molar refractivity (Wildman–Crippen MR) is 71.9 cm³/mol. The average molecular weight is 323 g/mol. The van der Waals surface area contributed by atoms with Gasteiger partial charge in [0.25, 0.3) is 11.8 Å². The van der Waals surface area contributed by atoms with Crippen molar-refractivity contribution < 1.29 is 14.4 Å². The van der Waals surface area contributed by atoms with Crippen molar-refractivity contribution >= 4 is 33.7 Å². The number of benzene rings is 1. The summed E-state index contributed by atoms with van der Waals surface area (Å²) in [5, 5.41) is 2.61. The molecule has 0 fully saturated rings. The van der Waals surface area contributed by atoms with E-state index in [4.69, 9.17) is 0 Å². The molecular formula is C13H11BrN2O3. The van der Waals surface area contributed by atoms with Gasteiger partial charge in [-0.3, -0.25) is 14.4 Å². The van der Waals surface area contributed by atoms with Crippen LogP contribution in [0.25, 0.3) is 0 Å². The lowest BCUT2D eigenvalue weighted by Crippen LogP contribution is -2.44. The van der Waals surface area contributed by atoms with E-state index in [0.29, 0.717) is 5.56 Å². The Morgan fingerprint density at radius 3 is 2.37 bits per heavy atom. The number of imide groups is 1. The number of nitrogens with zero attached hydrogens (tertiary/aromatic N) is 1. The fourth-order valence-electron chi connectivity index (χ4n) is 1.82. The van der Waals surface area contributed by atoms with E-state index in [2.05, 4.69) is 21.2 Å². The van der Waals surface area contributed by atoms with Crippen molar-refractivity contribution in [1.82, 2.24) is 10.2 Å². The molecule has 0 saturated heterocycles. The van der Waals surface area contributed by atoms with Crippen LogP contribution in [0.2, 0.25) is 0 Å². The topological polar surface area (TPSA) is 66.5 Å². The molecule has 3 amide bonds. The van der Waals surface area contributed by atoms with E-state index in [1.807, 2.05) is 6.07 Å². The molecule has 5 nitrogen and oxygen atoms in total. The third-order valence-corrected chi connectivity index (χ3v) is 3.19. The predicted octanol–water partition coefficient (Wildman–Crippen LogP) is 1.47. The van der Waals surface area contributed by atoms with Crippen LogP contribution in [0.5, 0.6) is 0 Å². The van der Waals surface area contributed by atoms with Crippen molar-refractivity contribution in [2.24, 2.45) is 0 Å². The van der Waals surface area contributed by atoms with Crippen LogP contribution in [0, 0.1) is 0 Å². The molecule has 1 N–H and O–H groups in total. The van der Waals surface area contributed by atoms with Crippen molar-refractivity contribution in [3.05, 3.63) is 46.5 Å². The number of carbonyl (C=O) groups is 3. The molecule has 1 aliphatic heterocycles. The number of carbonyl (C=O) groups excluding carboxylic acids is 3. The van der Waals surface area contributed by atoms with Crippen LogP contribution in [-0.4, -0.2) is 22.6 Å². The van der Waals surface area contributed by atoms with Gasteiger partial charge in [0, 0.05) is 13.0 Å².